The van der Waals surface area contributed by atoms with Crippen LogP contribution in [0.25, 0.3) is 11.3 Å². The van der Waals surface area contributed by atoms with E-state index in [2.05, 4.69) is 4.98 Å². The Balaban J connectivity index is 1.83. The molecule has 3 heteroatoms. The minimum absolute atomic E-state index is 0.671. The van der Waals surface area contributed by atoms with Gasteiger partial charge in [-0.25, -0.2) is 0 Å². The lowest BCUT2D eigenvalue weighted by atomic mass is 10.1. The van der Waals surface area contributed by atoms with Crippen LogP contribution in [0.1, 0.15) is 0 Å². The molecular formula is C17H14N2O. The highest BCUT2D eigenvalue weighted by molar-refractivity contribution is 5.72. The molecule has 3 rings (SSSR count). The second-order valence-corrected chi connectivity index (χ2v) is 4.38. The van der Waals surface area contributed by atoms with Crippen LogP contribution in [0.2, 0.25) is 0 Å². The zero-order chi connectivity index (χ0) is 13.8. The van der Waals surface area contributed by atoms with E-state index in [4.69, 9.17) is 10.5 Å². The summed E-state index contributed by atoms with van der Waals surface area (Å²) in [5.41, 5.74) is 8.36. The van der Waals surface area contributed by atoms with E-state index < -0.39 is 0 Å². The fourth-order valence-electron chi connectivity index (χ4n) is 1.96. The van der Waals surface area contributed by atoms with E-state index in [1.165, 1.54) is 0 Å². The molecule has 0 aliphatic heterocycles. The summed E-state index contributed by atoms with van der Waals surface area (Å²) in [6.07, 6.45) is 1.74. The van der Waals surface area contributed by atoms with Crippen LogP contribution in [-0.4, -0.2) is 4.98 Å². The van der Waals surface area contributed by atoms with Crippen molar-refractivity contribution >= 4 is 5.69 Å². The van der Waals surface area contributed by atoms with E-state index in [0.717, 1.165) is 22.8 Å². The molecule has 3 aromatic rings. The van der Waals surface area contributed by atoms with Crippen molar-refractivity contribution in [3.05, 3.63) is 72.9 Å². The Bertz CT molecular complexity index is 694. The smallest absolute Gasteiger partial charge is 0.127 e. The Labute approximate surface area is 117 Å². The molecule has 2 N–H and O–H groups in total. The van der Waals surface area contributed by atoms with Gasteiger partial charge in [0.25, 0.3) is 0 Å². The third-order valence-electron chi connectivity index (χ3n) is 2.95. The first-order valence-corrected chi connectivity index (χ1v) is 6.37. The normalized spacial score (nSPS) is 10.2. The van der Waals surface area contributed by atoms with Gasteiger partial charge in [0.1, 0.15) is 11.5 Å². The number of hydrogen-bond donors (Lipinski definition) is 1. The van der Waals surface area contributed by atoms with Crippen LogP contribution in [0.15, 0.2) is 72.9 Å². The standard InChI is InChI=1S/C17H14N2O/c18-16-7-4-12-19-17(16)13-8-10-15(11-9-13)20-14-5-2-1-3-6-14/h1-12H,18H2. The first-order chi connectivity index (χ1) is 9.83. The van der Waals surface area contributed by atoms with Crippen LogP contribution < -0.4 is 10.5 Å². The Morgan fingerprint density at radius 1 is 0.750 bits per heavy atom. The molecule has 0 bridgehead atoms. The molecule has 98 valence electrons. The van der Waals surface area contributed by atoms with Gasteiger partial charge in [-0.3, -0.25) is 4.98 Å². The van der Waals surface area contributed by atoms with Gasteiger partial charge in [0, 0.05) is 11.8 Å². The second-order valence-electron chi connectivity index (χ2n) is 4.38. The maximum Gasteiger partial charge on any atom is 0.127 e. The number of anilines is 1. The predicted octanol–water partition coefficient (Wildman–Crippen LogP) is 4.12. The number of rotatable bonds is 3. The number of nitrogens with two attached hydrogens (primary N) is 1. The molecule has 0 fully saturated rings. The van der Waals surface area contributed by atoms with Crippen molar-refractivity contribution in [2.45, 2.75) is 0 Å². The highest BCUT2D eigenvalue weighted by Crippen LogP contribution is 2.27. The third-order valence-corrected chi connectivity index (χ3v) is 2.95. The van der Waals surface area contributed by atoms with Crippen LogP contribution in [0.5, 0.6) is 11.5 Å². The molecule has 20 heavy (non-hydrogen) atoms. The van der Waals surface area contributed by atoms with Crippen LogP contribution in [0.4, 0.5) is 5.69 Å². The van der Waals surface area contributed by atoms with Gasteiger partial charge in [0.15, 0.2) is 0 Å². The van der Waals surface area contributed by atoms with Crippen LogP contribution in [-0.2, 0) is 0 Å². The lowest BCUT2D eigenvalue weighted by molar-refractivity contribution is 0.483. The van der Waals surface area contributed by atoms with E-state index >= 15 is 0 Å². The Morgan fingerprint density at radius 2 is 1.45 bits per heavy atom. The molecule has 0 unspecified atom stereocenters. The summed E-state index contributed by atoms with van der Waals surface area (Å²) in [4.78, 5) is 4.30. The number of nitrogens with zero attached hydrogens (tertiary/aromatic N) is 1. The van der Waals surface area contributed by atoms with Crippen LogP contribution in [0, 0.1) is 0 Å². The molecule has 0 saturated heterocycles. The Kier molecular flexibility index (Phi) is 3.33. The number of aromatic nitrogens is 1. The summed E-state index contributed by atoms with van der Waals surface area (Å²) >= 11 is 0. The summed E-state index contributed by atoms with van der Waals surface area (Å²) in [5.74, 6) is 1.60. The number of pyridine rings is 1. The average molecular weight is 262 g/mol. The molecule has 2 aromatic carbocycles. The molecule has 0 spiro atoms. The molecule has 3 nitrogen and oxygen atoms in total. The monoisotopic (exact) mass is 262 g/mol. The Hall–Kier alpha value is -2.81. The van der Waals surface area contributed by atoms with Crippen molar-refractivity contribution in [2.75, 3.05) is 5.73 Å². The van der Waals surface area contributed by atoms with Crippen LogP contribution >= 0.6 is 0 Å². The number of hydrogen-bond acceptors (Lipinski definition) is 3. The maximum atomic E-state index is 5.92. The SMILES string of the molecule is Nc1cccnc1-c1ccc(Oc2ccccc2)cc1. The zero-order valence-corrected chi connectivity index (χ0v) is 10.9. The van der Waals surface area contributed by atoms with Crippen molar-refractivity contribution in [3.8, 4) is 22.8 Å². The van der Waals surface area contributed by atoms with Gasteiger partial charge in [-0.1, -0.05) is 18.2 Å². The third kappa shape index (κ3) is 2.62. The topological polar surface area (TPSA) is 48.1 Å². The summed E-state index contributed by atoms with van der Waals surface area (Å²) < 4.78 is 5.75. The van der Waals surface area contributed by atoms with Crippen molar-refractivity contribution in [2.24, 2.45) is 0 Å². The maximum absolute atomic E-state index is 5.92. The quantitative estimate of drug-likeness (QED) is 0.772. The highest BCUT2D eigenvalue weighted by Gasteiger charge is 2.04. The lowest BCUT2D eigenvalue weighted by Gasteiger charge is -2.07. The van der Waals surface area contributed by atoms with Crippen molar-refractivity contribution in [1.82, 2.24) is 4.98 Å². The van der Waals surface area contributed by atoms with Gasteiger partial charge in [-0.05, 0) is 48.5 Å². The van der Waals surface area contributed by atoms with E-state index in [9.17, 15) is 0 Å². The second kappa shape index (κ2) is 5.45. The highest BCUT2D eigenvalue weighted by atomic mass is 16.5. The number of ether oxygens (including phenoxy) is 1. The molecular weight excluding hydrogens is 248 g/mol. The summed E-state index contributed by atoms with van der Waals surface area (Å²) in [5, 5.41) is 0. The predicted molar refractivity (Wildman–Crippen MR) is 80.6 cm³/mol. The fourth-order valence-corrected chi connectivity index (χ4v) is 1.96. The van der Waals surface area contributed by atoms with E-state index in [1.54, 1.807) is 6.20 Å². The number of nitrogen functional groups attached to an aromatic ring is 1. The molecule has 0 atom stereocenters. The molecule has 0 aliphatic carbocycles. The summed E-state index contributed by atoms with van der Waals surface area (Å²) in [6, 6.07) is 21.1. The lowest BCUT2D eigenvalue weighted by Crippen LogP contribution is -1.92. The van der Waals surface area contributed by atoms with E-state index in [-0.39, 0.29) is 0 Å². The van der Waals surface area contributed by atoms with Crippen molar-refractivity contribution in [1.29, 1.82) is 0 Å². The van der Waals surface area contributed by atoms with Gasteiger partial charge in [-0.15, -0.1) is 0 Å². The summed E-state index contributed by atoms with van der Waals surface area (Å²) in [7, 11) is 0. The molecule has 0 amide bonds. The minimum atomic E-state index is 0.671. The Morgan fingerprint density at radius 3 is 2.15 bits per heavy atom. The van der Waals surface area contributed by atoms with Crippen molar-refractivity contribution < 1.29 is 4.74 Å². The molecule has 0 aliphatic rings. The molecule has 1 heterocycles. The van der Waals surface area contributed by atoms with Crippen LogP contribution in [0.3, 0.4) is 0 Å². The zero-order valence-electron chi connectivity index (χ0n) is 10.9. The largest absolute Gasteiger partial charge is 0.457 e. The average Bonchev–Trinajstić information content (AvgIpc) is 2.50. The molecule has 1 aromatic heterocycles. The van der Waals surface area contributed by atoms with Crippen molar-refractivity contribution in [3.63, 3.8) is 0 Å². The summed E-state index contributed by atoms with van der Waals surface area (Å²) in [6.45, 7) is 0. The van der Waals surface area contributed by atoms with Gasteiger partial charge in [-0.2, -0.15) is 0 Å². The first-order valence-electron chi connectivity index (χ1n) is 6.37. The van der Waals surface area contributed by atoms with Gasteiger partial charge >= 0.3 is 0 Å². The minimum Gasteiger partial charge on any atom is -0.457 e. The number of para-hydroxylation sites is 1. The van der Waals surface area contributed by atoms with Gasteiger partial charge < -0.3 is 10.5 Å². The fraction of sp³-hybridized carbons (Fsp3) is 0. The van der Waals surface area contributed by atoms with E-state index in [0.29, 0.717) is 5.69 Å². The van der Waals surface area contributed by atoms with Gasteiger partial charge in [0.2, 0.25) is 0 Å². The molecule has 0 saturated carbocycles. The molecule has 0 radical (unpaired) electrons. The van der Waals surface area contributed by atoms with Gasteiger partial charge in [0.05, 0.1) is 11.4 Å². The first kappa shape index (κ1) is 12.2. The van der Waals surface area contributed by atoms with E-state index in [1.807, 2.05) is 66.7 Å². The number of benzene rings is 2.